The van der Waals surface area contributed by atoms with E-state index >= 15 is 0 Å². The summed E-state index contributed by atoms with van der Waals surface area (Å²) < 4.78 is 6.40. The standard InChI is InChI=1S/C12H11BrClNO/c1-15-7-8-2-3-9(14)6-10(8)12-11(13)4-5-16-12/h2-6,15H,7H2,1H3. The van der Waals surface area contributed by atoms with E-state index in [1.807, 2.05) is 31.3 Å². The van der Waals surface area contributed by atoms with Gasteiger partial charge in [0.25, 0.3) is 0 Å². The van der Waals surface area contributed by atoms with Gasteiger partial charge in [0, 0.05) is 17.1 Å². The predicted octanol–water partition coefficient (Wildman–Crippen LogP) is 4.08. The predicted molar refractivity (Wildman–Crippen MR) is 69.6 cm³/mol. The fourth-order valence-electron chi connectivity index (χ4n) is 1.59. The molecule has 0 unspecified atom stereocenters. The molecule has 0 amide bonds. The highest BCUT2D eigenvalue weighted by atomic mass is 79.9. The first-order valence-electron chi connectivity index (χ1n) is 4.88. The van der Waals surface area contributed by atoms with Crippen LogP contribution in [0.3, 0.4) is 0 Å². The van der Waals surface area contributed by atoms with E-state index in [1.54, 1.807) is 6.26 Å². The minimum atomic E-state index is 0.707. The van der Waals surface area contributed by atoms with E-state index in [2.05, 4.69) is 21.2 Å². The Morgan fingerprint density at radius 1 is 1.38 bits per heavy atom. The zero-order chi connectivity index (χ0) is 11.5. The summed E-state index contributed by atoms with van der Waals surface area (Å²) in [5, 5.41) is 3.83. The number of hydrogen-bond acceptors (Lipinski definition) is 2. The number of hydrogen-bond donors (Lipinski definition) is 1. The van der Waals surface area contributed by atoms with Crippen molar-refractivity contribution in [3.63, 3.8) is 0 Å². The molecule has 4 heteroatoms. The fourth-order valence-corrected chi connectivity index (χ4v) is 2.18. The van der Waals surface area contributed by atoms with Crippen LogP contribution in [0.2, 0.25) is 5.02 Å². The summed E-state index contributed by atoms with van der Waals surface area (Å²) in [5.74, 6) is 0.813. The molecule has 0 saturated carbocycles. The van der Waals surface area contributed by atoms with Gasteiger partial charge >= 0.3 is 0 Å². The average Bonchev–Trinajstić information content (AvgIpc) is 2.67. The molecule has 0 radical (unpaired) electrons. The lowest BCUT2D eigenvalue weighted by atomic mass is 10.1. The van der Waals surface area contributed by atoms with Gasteiger partial charge in [-0.1, -0.05) is 17.7 Å². The molecule has 2 nitrogen and oxygen atoms in total. The fraction of sp³-hybridized carbons (Fsp3) is 0.167. The highest BCUT2D eigenvalue weighted by molar-refractivity contribution is 9.10. The Morgan fingerprint density at radius 3 is 2.81 bits per heavy atom. The summed E-state index contributed by atoms with van der Waals surface area (Å²) in [5.41, 5.74) is 2.17. The first-order chi connectivity index (χ1) is 7.72. The topological polar surface area (TPSA) is 25.2 Å². The van der Waals surface area contributed by atoms with Gasteiger partial charge in [-0.3, -0.25) is 0 Å². The van der Waals surface area contributed by atoms with Gasteiger partial charge in [0.2, 0.25) is 0 Å². The Labute approximate surface area is 108 Å². The molecule has 0 aliphatic carbocycles. The zero-order valence-corrected chi connectivity index (χ0v) is 11.1. The van der Waals surface area contributed by atoms with Gasteiger partial charge in [0.05, 0.1) is 10.7 Å². The van der Waals surface area contributed by atoms with Crippen LogP contribution in [0, 0.1) is 0 Å². The van der Waals surface area contributed by atoms with Gasteiger partial charge < -0.3 is 9.73 Å². The summed E-state index contributed by atoms with van der Waals surface area (Å²) in [7, 11) is 1.91. The minimum Gasteiger partial charge on any atom is -0.463 e. The lowest BCUT2D eigenvalue weighted by Crippen LogP contribution is -2.06. The van der Waals surface area contributed by atoms with Crippen LogP contribution in [-0.4, -0.2) is 7.05 Å². The Kier molecular flexibility index (Phi) is 3.69. The van der Waals surface area contributed by atoms with Crippen molar-refractivity contribution in [2.24, 2.45) is 0 Å². The first kappa shape index (κ1) is 11.7. The second-order valence-corrected chi connectivity index (χ2v) is 4.72. The molecule has 16 heavy (non-hydrogen) atoms. The Balaban J connectivity index is 2.53. The molecule has 0 atom stereocenters. The first-order valence-corrected chi connectivity index (χ1v) is 6.06. The molecule has 1 aromatic heterocycles. The summed E-state index contributed by atoms with van der Waals surface area (Å²) in [4.78, 5) is 0. The van der Waals surface area contributed by atoms with Crippen LogP contribution in [0.5, 0.6) is 0 Å². The van der Waals surface area contributed by atoms with Gasteiger partial charge in [0.15, 0.2) is 0 Å². The van der Waals surface area contributed by atoms with Crippen molar-refractivity contribution in [1.29, 1.82) is 0 Å². The third-order valence-electron chi connectivity index (χ3n) is 2.30. The molecule has 0 fully saturated rings. The highest BCUT2D eigenvalue weighted by Gasteiger charge is 2.11. The summed E-state index contributed by atoms with van der Waals surface area (Å²) >= 11 is 9.46. The maximum atomic E-state index is 6.01. The lowest BCUT2D eigenvalue weighted by molar-refractivity contribution is 0.580. The van der Waals surface area contributed by atoms with Gasteiger partial charge in [0.1, 0.15) is 5.76 Å². The number of benzene rings is 1. The highest BCUT2D eigenvalue weighted by Crippen LogP contribution is 2.33. The molecule has 1 heterocycles. The van der Waals surface area contributed by atoms with E-state index < -0.39 is 0 Å². The molecule has 0 aliphatic rings. The van der Waals surface area contributed by atoms with Crippen LogP contribution in [0.15, 0.2) is 39.4 Å². The van der Waals surface area contributed by atoms with Crippen LogP contribution in [0.4, 0.5) is 0 Å². The molecule has 0 aliphatic heterocycles. The third-order valence-corrected chi connectivity index (χ3v) is 3.16. The molecule has 0 bridgehead atoms. The van der Waals surface area contributed by atoms with Crippen molar-refractivity contribution < 1.29 is 4.42 Å². The monoisotopic (exact) mass is 299 g/mol. The quantitative estimate of drug-likeness (QED) is 0.924. The molecule has 1 aromatic carbocycles. The normalized spacial score (nSPS) is 10.7. The van der Waals surface area contributed by atoms with Crippen molar-refractivity contribution in [3.8, 4) is 11.3 Å². The van der Waals surface area contributed by atoms with Gasteiger partial charge in [-0.2, -0.15) is 0 Å². The molecule has 2 aromatic rings. The summed E-state index contributed by atoms with van der Waals surface area (Å²) in [6.45, 7) is 0.777. The van der Waals surface area contributed by atoms with E-state index in [4.69, 9.17) is 16.0 Å². The van der Waals surface area contributed by atoms with Crippen molar-refractivity contribution in [2.45, 2.75) is 6.54 Å². The maximum Gasteiger partial charge on any atom is 0.148 e. The lowest BCUT2D eigenvalue weighted by Gasteiger charge is -2.08. The van der Waals surface area contributed by atoms with Crippen LogP contribution < -0.4 is 5.32 Å². The number of halogens is 2. The molecule has 2 rings (SSSR count). The maximum absolute atomic E-state index is 6.01. The molecule has 0 saturated heterocycles. The largest absolute Gasteiger partial charge is 0.463 e. The minimum absolute atomic E-state index is 0.707. The summed E-state index contributed by atoms with van der Waals surface area (Å²) in [6.07, 6.45) is 1.66. The van der Waals surface area contributed by atoms with E-state index in [-0.39, 0.29) is 0 Å². The number of rotatable bonds is 3. The van der Waals surface area contributed by atoms with Crippen molar-refractivity contribution in [2.75, 3.05) is 7.05 Å². The molecular weight excluding hydrogens is 289 g/mol. The number of furan rings is 1. The smallest absolute Gasteiger partial charge is 0.148 e. The second kappa shape index (κ2) is 5.04. The van der Waals surface area contributed by atoms with Crippen molar-refractivity contribution >= 4 is 27.5 Å². The molecule has 1 N–H and O–H groups in total. The molecular formula is C12H11BrClNO. The van der Waals surface area contributed by atoms with Gasteiger partial charge in [-0.25, -0.2) is 0 Å². The van der Waals surface area contributed by atoms with E-state index in [1.165, 1.54) is 0 Å². The Morgan fingerprint density at radius 2 is 2.19 bits per heavy atom. The van der Waals surface area contributed by atoms with Crippen LogP contribution in [-0.2, 0) is 6.54 Å². The SMILES string of the molecule is CNCc1ccc(Cl)cc1-c1occc1Br. The second-order valence-electron chi connectivity index (χ2n) is 3.43. The molecule has 84 valence electrons. The van der Waals surface area contributed by atoms with Gasteiger partial charge in [-0.15, -0.1) is 0 Å². The van der Waals surface area contributed by atoms with Gasteiger partial charge in [-0.05, 0) is 46.7 Å². The van der Waals surface area contributed by atoms with Crippen LogP contribution in [0.25, 0.3) is 11.3 Å². The van der Waals surface area contributed by atoms with E-state index in [0.29, 0.717) is 5.02 Å². The van der Waals surface area contributed by atoms with Crippen molar-refractivity contribution in [1.82, 2.24) is 5.32 Å². The third kappa shape index (κ3) is 2.32. The zero-order valence-electron chi connectivity index (χ0n) is 8.76. The van der Waals surface area contributed by atoms with Crippen molar-refractivity contribution in [3.05, 3.63) is 45.6 Å². The summed E-state index contributed by atoms with van der Waals surface area (Å²) in [6, 6.07) is 7.68. The van der Waals surface area contributed by atoms with E-state index in [9.17, 15) is 0 Å². The Hall–Kier alpha value is -0.770. The van der Waals surface area contributed by atoms with Crippen LogP contribution in [0.1, 0.15) is 5.56 Å². The Bertz CT molecular complexity index is 496. The van der Waals surface area contributed by atoms with Crippen LogP contribution >= 0.6 is 27.5 Å². The average molecular weight is 301 g/mol. The number of nitrogens with one attached hydrogen (secondary N) is 1. The van der Waals surface area contributed by atoms with E-state index in [0.717, 1.165) is 27.9 Å². The molecule has 0 spiro atoms.